The van der Waals surface area contributed by atoms with Crippen molar-refractivity contribution >= 4 is 17.6 Å². The predicted molar refractivity (Wildman–Crippen MR) is 59.7 cm³/mol. The minimum atomic E-state index is -4.59. The Morgan fingerprint density at radius 3 is 2.00 bits per heavy atom. The van der Waals surface area contributed by atoms with Crippen LogP contribution in [0.5, 0.6) is 0 Å². The molecule has 6 heteroatoms. The van der Waals surface area contributed by atoms with Crippen molar-refractivity contribution in [1.82, 2.24) is 0 Å². The summed E-state index contributed by atoms with van der Waals surface area (Å²) in [4.78, 5) is 10.7. The Bertz CT molecular complexity index is 321. The first-order valence-electron chi connectivity index (χ1n) is 5.26. The number of allylic oxidation sites excluding steroid dienone is 2. The summed E-state index contributed by atoms with van der Waals surface area (Å²) >= 11 is 5.03. The van der Waals surface area contributed by atoms with Gasteiger partial charge in [0.15, 0.2) is 0 Å². The van der Waals surface area contributed by atoms with E-state index in [9.17, 15) is 18.0 Å². The molecule has 1 aliphatic rings. The van der Waals surface area contributed by atoms with Gasteiger partial charge in [-0.25, -0.2) is 0 Å². The lowest BCUT2D eigenvalue weighted by molar-refractivity contribution is -0.139. The summed E-state index contributed by atoms with van der Waals surface area (Å²) in [5, 5.41) is 7.48. The monoisotopic (exact) mass is 272 g/mol. The number of halogens is 4. The molecule has 0 bridgehead atoms. The lowest BCUT2D eigenvalue weighted by Gasteiger charge is -2.04. The highest BCUT2D eigenvalue weighted by atomic mass is 35.5. The molecule has 0 aliphatic heterocycles. The van der Waals surface area contributed by atoms with E-state index >= 15 is 0 Å². The number of carboxylic acid groups (broad SMARTS) is 1. The molecule has 0 heterocycles. The number of carbonyl (C=O) groups is 1. The number of hydrogen-bond donors (Lipinski definition) is 1. The molecule has 2 nitrogen and oxygen atoms in total. The third-order valence-corrected chi connectivity index (χ3v) is 3.11. The van der Waals surface area contributed by atoms with Crippen LogP contribution in [0.3, 0.4) is 0 Å². The van der Waals surface area contributed by atoms with Crippen LogP contribution in [0.15, 0.2) is 11.1 Å². The molecule has 2 unspecified atom stereocenters. The van der Waals surface area contributed by atoms with Gasteiger partial charge in [-0.3, -0.25) is 4.79 Å². The summed E-state index contributed by atoms with van der Waals surface area (Å²) in [7, 11) is 0. The average molecular weight is 273 g/mol. The molecule has 1 aliphatic carbocycles. The van der Waals surface area contributed by atoms with Gasteiger partial charge in [-0.1, -0.05) is 45.4 Å². The first-order valence-corrected chi connectivity index (χ1v) is 5.63. The third-order valence-electron chi connectivity index (χ3n) is 2.77. The summed E-state index contributed by atoms with van der Waals surface area (Å²) in [6.07, 6.45) is -3.80. The first-order chi connectivity index (χ1) is 7.58. The molecule has 1 saturated carbocycles. The Morgan fingerprint density at radius 1 is 1.35 bits per heavy atom. The smallest absolute Gasteiger partial charge is 0.426 e. The van der Waals surface area contributed by atoms with Crippen LogP contribution in [-0.2, 0) is 4.79 Å². The van der Waals surface area contributed by atoms with Crippen LogP contribution in [0, 0.1) is 17.3 Å². The van der Waals surface area contributed by atoms with E-state index < -0.39 is 34.4 Å². The van der Waals surface area contributed by atoms with Gasteiger partial charge in [0, 0.05) is 0 Å². The van der Waals surface area contributed by atoms with Crippen molar-refractivity contribution in [3.63, 3.8) is 0 Å². The molecule has 0 amide bonds. The van der Waals surface area contributed by atoms with E-state index in [4.69, 9.17) is 16.7 Å². The molecule has 0 saturated heterocycles. The van der Waals surface area contributed by atoms with Crippen molar-refractivity contribution in [2.45, 2.75) is 33.9 Å². The fourth-order valence-corrected chi connectivity index (χ4v) is 1.85. The van der Waals surface area contributed by atoms with Gasteiger partial charge >= 0.3 is 12.1 Å². The van der Waals surface area contributed by atoms with Gasteiger partial charge in [0.1, 0.15) is 5.03 Å². The van der Waals surface area contributed by atoms with E-state index in [0.717, 1.165) is 6.08 Å². The zero-order valence-electron chi connectivity index (χ0n) is 10.1. The lowest BCUT2D eigenvalue weighted by Crippen LogP contribution is -2.07. The summed E-state index contributed by atoms with van der Waals surface area (Å²) in [5.41, 5.74) is -0.656. The van der Waals surface area contributed by atoms with E-state index in [-0.39, 0.29) is 0 Å². The molecule has 1 N–H and O–H groups in total. The van der Waals surface area contributed by atoms with Gasteiger partial charge in [-0.15, -0.1) is 0 Å². The summed E-state index contributed by atoms with van der Waals surface area (Å²) in [6.45, 7) is 7.21. The maximum Gasteiger partial charge on any atom is 0.426 e. The van der Waals surface area contributed by atoms with Gasteiger partial charge in [0.25, 0.3) is 0 Å². The Labute approximate surface area is 103 Å². The molecule has 0 aromatic rings. The highest BCUT2D eigenvalue weighted by Gasteiger charge is 2.61. The van der Waals surface area contributed by atoms with Gasteiger partial charge in [-0.05, 0) is 11.3 Å². The maximum absolute atomic E-state index is 12.1. The molecular weight excluding hydrogens is 257 g/mol. The second-order valence-corrected chi connectivity index (χ2v) is 4.58. The Hall–Kier alpha value is -0.710. The van der Waals surface area contributed by atoms with Gasteiger partial charge in [0.2, 0.25) is 0 Å². The minimum Gasteiger partial charge on any atom is -0.481 e. The zero-order chi connectivity index (χ0) is 14.0. The van der Waals surface area contributed by atoms with Crippen molar-refractivity contribution < 1.29 is 23.1 Å². The molecule has 0 aromatic carbocycles. The lowest BCUT2D eigenvalue weighted by atomic mass is 10.1. The maximum atomic E-state index is 12.1. The quantitative estimate of drug-likeness (QED) is 0.823. The van der Waals surface area contributed by atoms with Gasteiger partial charge in [-0.2, -0.15) is 13.2 Å². The molecule has 1 fully saturated rings. The number of alkyl halides is 3. The predicted octanol–water partition coefficient (Wildman–Crippen LogP) is 4.05. The molecular formula is C11H16ClF3O2. The fraction of sp³-hybridized carbons (Fsp3) is 0.727. The van der Waals surface area contributed by atoms with Crippen LogP contribution < -0.4 is 0 Å². The summed E-state index contributed by atoms with van der Waals surface area (Å²) < 4.78 is 36.2. The van der Waals surface area contributed by atoms with Crippen LogP contribution in [0.1, 0.15) is 27.7 Å². The van der Waals surface area contributed by atoms with Crippen LogP contribution in [0.2, 0.25) is 0 Å². The van der Waals surface area contributed by atoms with Crippen molar-refractivity contribution in [1.29, 1.82) is 0 Å². The molecule has 0 aromatic heterocycles. The molecule has 0 radical (unpaired) electrons. The van der Waals surface area contributed by atoms with Crippen LogP contribution in [-0.4, -0.2) is 17.3 Å². The standard InChI is InChI=1S/C9H10ClF3O2.C2H6/c1-8(2)4(6(8)7(14)15)3-5(10)9(11,12)13;1-2/h3-4,6H,1-2H3,(H,14,15);1-2H3/b5-3-;. The van der Waals surface area contributed by atoms with Gasteiger partial charge < -0.3 is 5.11 Å². The highest BCUT2D eigenvalue weighted by Crippen LogP contribution is 2.60. The molecule has 17 heavy (non-hydrogen) atoms. The topological polar surface area (TPSA) is 37.3 Å². The molecule has 100 valence electrons. The summed E-state index contributed by atoms with van der Waals surface area (Å²) in [6, 6.07) is 0. The summed E-state index contributed by atoms with van der Waals surface area (Å²) in [5.74, 6) is -2.52. The van der Waals surface area contributed by atoms with Crippen molar-refractivity contribution in [2.24, 2.45) is 17.3 Å². The molecule has 2 atom stereocenters. The largest absolute Gasteiger partial charge is 0.481 e. The van der Waals surface area contributed by atoms with E-state index in [1.807, 2.05) is 13.8 Å². The SMILES string of the molecule is CC.CC1(C)C(/C=C(\Cl)C(F)(F)F)C1C(=O)O. The van der Waals surface area contributed by atoms with Crippen LogP contribution in [0.4, 0.5) is 13.2 Å². The number of rotatable bonds is 2. The molecule has 0 spiro atoms. The van der Waals surface area contributed by atoms with Crippen LogP contribution >= 0.6 is 11.6 Å². The number of aliphatic carboxylic acids is 1. The van der Waals surface area contributed by atoms with Crippen molar-refractivity contribution in [3.05, 3.63) is 11.1 Å². The Kier molecular flexibility index (Phi) is 5.07. The first kappa shape index (κ1) is 16.3. The normalized spacial score (nSPS) is 26.9. The van der Waals surface area contributed by atoms with Crippen LogP contribution in [0.25, 0.3) is 0 Å². The Balaban J connectivity index is 0.00000121. The third kappa shape index (κ3) is 3.63. The Morgan fingerprint density at radius 2 is 1.76 bits per heavy atom. The highest BCUT2D eigenvalue weighted by molar-refractivity contribution is 6.30. The minimum absolute atomic E-state index is 0.649. The van der Waals surface area contributed by atoms with E-state index in [2.05, 4.69) is 0 Å². The van der Waals surface area contributed by atoms with Gasteiger partial charge in [0.05, 0.1) is 5.92 Å². The van der Waals surface area contributed by atoms with E-state index in [0.29, 0.717) is 0 Å². The molecule has 1 rings (SSSR count). The van der Waals surface area contributed by atoms with Crippen molar-refractivity contribution in [3.8, 4) is 0 Å². The number of carboxylic acids is 1. The second-order valence-electron chi connectivity index (χ2n) is 4.18. The average Bonchev–Trinajstić information content (AvgIpc) is 2.70. The fourth-order valence-electron chi connectivity index (χ4n) is 1.71. The zero-order valence-corrected chi connectivity index (χ0v) is 10.9. The second kappa shape index (κ2) is 5.29. The number of hydrogen-bond acceptors (Lipinski definition) is 1. The van der Waals surface area contributed by atoms with Crippen molar-refractivity contribution in [2.75, 3.05) is 0 Å². The van der Waals surface area contributed by atoms with E-state index in [1.54, 1.807) is 13.8 Å². The van der Waals surface area contributed by atoms with E-state index in [1.165, 1.54) is 0 Å².